The van der Waals surface area contributed by atoms with E-state index < -0.39 is 0 Å². The molecule has 0 bridgehead atoms. The van der Waals surface area contributed by atoms with Gasteiger partial charge in [0.15, 0.2) is 0 Å². The summed E-state index contributed by atoms with van der Waals surface area (Å²) < 4.78 is 0. The first kappa shape index (κ1) is 11.7. The smallest absolute Gasteiger partial charge is 0.222 e. The number of carbonyl (C=O) groups is 1. The molecule has 1 rings (SSSR count). The predicted molar refractivity (Wildman–Crippen MR) is 51.3 cm³/mol. The Morgan fingerprint density at radius 2 is 2.25 bits per heavy atom. The van der Waals surface area contributed by atoms with Gasteiger partial charge < -0.3 is 10.6 Å². The molecule has 0 spiro atoms. The van der Waals surface area contributed by atoms with Crippen LogP contribution in [0.15, 0.2) is 0 Å². The lowest BCUT2D eigenvalue weighted by atomic mass is 10.1. The molecule has 4 heteroatoms. The monoisotopic (exact) mass is 192 g/mol. The van der Waals surface area contributed by atoms with E-state index in [4.69, 9.17) is 5.73 Å². The second-order valence-corrected chi connectivity index (χ2v) is 3.13. The minimum absolute atomic E-state index is 0. The number of rotatable bonds is 2. The molecule has 72 valence electrons. The van der Waals surface area contributed by atoms with Crippen molar-refractivity contribution >= 4 is 18.3 Å². The van der Waals surface area contributed by atoms with Crippen LogP contribution in [0.3, 0.4) is 0 Å². The van der Waals surface area contributed by atoms with Crippen molar-refractivity contribution in [1.29, 1.82) is 0 Å². The van der Waals surface area contributed by atoms with Crippen LogP contribution in [0.5, 0.6) is 0 Å². The molecular weight excluding hydrogens is 176 g/mol. The van der Waals surface area contributed by atoms with Crippen LogP contribution in [-0.4, -0.2) is 29.9 Å². The number of hydrogen-bond acceptors (Lipinski definition) is 2. The molecule has 1 saturated heterocycles. The van der Waals surface area contributed by atoms with Crippen molar-refractivity contribution in [2.24, 2.45) is 5.73 Å². The molecule has 3 nitrogen and oxygen atoms in total. The maximum Gasteiger partial charge on any atom is 0.222 e. The van der Waals surface area contributed by atoms with Crippen LogP contribution < -0.4 is 5.73 Å². The van der Waals surface area contributed by atoms with Crippen LogP contribution in [0, 0.1) is 0 Å². The standard InChI is InChI=1S/C8H16N2O.ClH/c1-7(6-9)10-5-3-2-4-8(10)11;/h7H,2-6,9H2,1H3;1H/t7-;/m0./s1. The first-order valence-corrected chi connectivity index (χ1v) is 4.25. The Kier molecular flexibility index (Phi) is 5.25. The first-order chi connectivity index (χ1) is 5.25. The highest BCUT2D eigenvalue weighted by Gasteiger charge is 2.21. The Morgan fingerprint density at radius 1 is 1.58 bits per heavy atom. The van der Waals surface area contributed by atoms with Gasteiger partial charge in [-0.05, 0) is 19.8 Å². The van der Waals surface area contributed by atoms with E-state index in [1.807, 2.05) is 11.8 Å². The third-order valence-corrected chi connectivity index (χ3v) is 2.23. The lowest BCUT2D eigenvalue weighted by molar-refractivity contribution is -0.135. The lowest BCUT2D eigenvalue weighted by Gasteiger charge is -2.31. The van der Waals surface area contributed by atoms with Crippen LogP contribution in [0.1, 0.15) is 26.2 Å². The first-order valence-electron chi connectivity index (χ1n) is 4.25. The van der Waals surface area contributed by atoms with Crippen molar-refractivity contribution in [3.05, 3.63) is 0 Å². The van der Waals surface area contributed by atoms with Gasteiger partial charge >= 0.3 is 0 Å². The number of carbonyl (C=O) groups excluding carboxylic acids is 1. The Hall–Kier alpha value is -0.280. The fourth-order valence-corrected chi connectivity index (χ4v) is 1.42. The second kappa shape index (κ2) is 5.38. The molecule has 0 saturated carbocycles. The van der Waals surface area contributed by atoms with Crippen molar-refractivity contribution in [3.8, 4) is 0 Å². The van der Waals surface area contributed by atoms with E-state index in [1.165, 1.54) is 0 Å². The summed E-state index contributed by atoms with van der Waals surface area (Å²) in [6.45, 7) is 3.48. The van der Waals surface area contributed by atoms with E-state index in [9.17, 15) is 4.79 Å². The average Bonchev–Trinajstić information content (AvgIpc) is 2.04. The molecule has 2 N–H and O–H groups in total. The van der Waals surface area contributed by atoms with E-state index in [-0.39, 0.29) is 24.4 Å². The number of amides is 1. The molecule has 0 aromatic carbocycles. The maximum atomic E-state index is 11.3. The zero-order chi connectivity index (χ0) is 8.27. The van der Waals surface area contributed by atoms with Gasteiger partial charge in [0.1, 0.15) is 0 Å². The Labute approximate surface area is 79.7 Å². The molecule has 0 aromatic heterocycles. The van der Waals surface area contributed by atoms with Crippen molar-refractivity contribution < 1.29 is 4.79 Å². The van der Waals surface area contributed by atoms with Gasteiger partial charge in [-0.1, -0.05) is 0 Å². The number of likely N-dealkylation sites (tertiary alicyclic amines) is 1. The molecule has 1 fully saturated rings. The molecular formula is C8H17ClN2O. The third kappa shape index (κ3) is 2.64. The molecule has 1 aliphatic heterocycles. The Morgan fingerprint density at radius 3 is 2.75 bits per heavy atom. The van der Waals surface area contributed by atoms with E-state index in [1.54, 1.807) is 0 Å². The molecule has 0 aromatic rings. The van der Waals surface area contributed by atoms with Gasteiger partial charge in [0.05, 0.1) is 0 Å². The summed E-state index contributed by atoms with van der Waals surface area (Å²) in [5.74, 6) is 0.272. The van der Waals surface area contributed by atoms with Gasteiger partial charge in [-0.3, -0.25) is 4.79 Å². The highest BCUT2D eigenvalue weighted by atomic mass is 35.5. The zero-order valence-electron chi connectivity index (χ0n) is 7.45. The summed E-state index contributed by atoms with van der Waals surface area (Å²) in [5, 5.41) is 0. The summed E-state index contributed by atoms with van der Waals surface area (Å²) in [7, 11) is 0. The molecule has 1 aliphatic rings. The van der Waals surface area contributed by atoms with Gasteiger partial charge in [0.25, 0.3) is 0 Å². The Bertz CT molecular complexity index is 152. The van der Waals surface area contributed by atoms with Gasteiger partial charge in [-0.2, -0.15) is 0 Å². The minimum atomic E-state index is 0. The van der Waals surface area contributed by atoms with Crippen LogP contribution >= 0.6 is 12.4 Å². The quantitative estimate of drug-likeness (QED) is 0.703. The molecule has 1 heterocycles. The van der Waals surface area contributed by atoms with Crippen LogP contribution in [0.25, 0.3) is 0 Å². The van der Waals surface area contributed by atoms with Gasteiger partial charge in [-0.15, -0.1) is 12.4 Å². The van der Waals surface area contributed by atoms with Crippen LogP contribution in [-0.2, 0) is 4.79 Å². The molecule has 0 aliphatic carbocycles. The van der Waals surface area contributed by atoms with Gasteiger partial charge in [-0.25, -0.2) is 0 Å². The topological polar surface area (TPSA) is 46.3 Å². The highest BCUT2D eigenvalue weighted by molar-refractivity contribution is 5.85. The number of piperidine rings is 1. The third-order valence-electron chi connectivity index (χ3n) is 2.23. The molecule has 0 radical (unpaired) electrons. The van der Waals surface area contributed by atoms with Crippen LogP contribution in [0.4, 0.5) is 0 Å². The summed E-state index contributed by atoms with van der Waals surface area (Å²) in [6.07, 6.45) is 2.90. The SMILES string of the molecule is C[C@@H](CN)N1CCCCC1=O.Cl. The highest BCUT2D eigenvalue weighted by Crippen LogP contribution is 2.12. The Balaban J connectivity index is 0.00000121. The second-order valence-electron chi connectivity index (χ2n) is 3.13. The predicted octanol–water partition coefficient (Wildman–Crippen LogP) is 0.768. The van der Waals surface area contributed by atoms with E-state index in [0.29, 0.717) is 13.0 Å². The fraction of sp³-hybridized carbons (Fsp3) is 0.875. The summed E-state index contributed by atoms with van der Waals surface area (Å²) in [4.78, 5) is 13.2. The number of halogens is 1. The zero-order valence-corrected chi connectivity index (χ0v) is 8.27. The number of nitrogens with zero attached hydrogens (tertiary/aromatic N) is 1. The van der Waals surface area contributed by atoms with E-state index in [2.05, 4.69) is 0 Å². The fourth-order valence-electron chi connectivity index (χ4n) is 1.42. The summed E-state index contributed by atoms with van der Waals surface area (Å²) in [5.41, 5.74) is 5.47. The van der Waals surface area contributed by atoms with Crippen molar-refractivity contribution in [2.45, 2.75) is 32.2 Å². The number of hydrogen-bond donors (Lipinski definition) is 1. The normalized spacial score (nSPS) is 20.2. The number of nitrogens with two attached hydrogens (primary N) is 1. The van der Waals surface area contributed by atoms with E-state index >= 15 is 0 Å². The maximum absolute atomic E-state index is 11.3. The molecule has 0 unspecified atom stereocenters. The summed E-state index contributed by atoms with van der Waals surface area (Å²) >= 11 is 0. The van der Waals surface area contributed by atoms with Crippen LogP contribution in [0.2, 0.25) is 0 Å². The van der Waals surface area contributed by atoms with Gasteiger partial charge in [0.2, 0.25) is 5.91 Å². The van der Waals surface area contributed by atoms with E-state index in [0.717, 1.165) is 19.4 Å². The average molecular weight is 193 g/mol. The van der Waals surface area contributed by atoms with Crippen molar-refractivity contribution in [3.63, 3.8) is 0 Å². The lowest BCUT2D eigenvalue weighted by Crippen LogP contribution is -2.45. The minimum Gasteiger partial charge on any atom is -0.339 e. The molecule has 12 heavy (non-hydrogen) atoms. The largest absolute Gasteiger partial charge is 0.339 e. The molecule has 1 amide bonds. The van der Waals surface area contributed by atoms with Crippen molar-refractivity contribution in [1.82, 2.24) is 4.90 Å². The van der Waals surface area contributed by atoms with Crippen molar-refractivity contribution in [2.75, 3.05) is 13.1 Å². The summed E-state index contributed by atoms with van der Waals surface area (Å²) in [6, 6.07) is 0.225. The van der Waals surface area contributed by atoms with Gasteiger partial charge in [0, 0.05) is 25.6 Å². The molecule has 1 atom stereocenters.